The first-order valence-corrected chi connectivity index (χ1v) is 3.98. The predicted molar refractivity (Wildman–Crippen MR) is 48.4 cm³/mol. The Kier molecular flexibility index (Phi) is 2.75. The van der Waals surface area contributed by atoms with E-state index in [0.29, 0.717) is 6.54 Å². The van der Waals surface area contributed by atoms with E-state index < -0.39 is 0 Å². The molecule has 0 N–H and O–H groups in total. The van der Waals surface area contributed by atoms with Gasteiger partial charge in [0.1, 0.15) is 6.54 Å². The lowest BCUT2D eigenvalue weighted by Crippen LogP contribution is -1.94. The van der Waals surface area contributed by atoms with Crippen molar-refractivity contribution in [2.24, 2.45) is 0 Å². The van der Waals surface area contributed by atoms with Crippen LogP contribution in [0.5, 0.6) is 0 Å². The van der Waals surface area contributed by atoms with Crippen molar-refractivity contribution in [2.45, 2.75) is 13.5 Å². The van der Waals surface area contributed by atoms with Crippen LogP contribution in [0.2, 0.25) is 0 Å². The zero-order valence-corrected chi connectivity index (χ0v) is 7.79. The van der Waals surface area contributed by atoms with Crippen molar-refractivity contribution in [2.75, 3.05) is 0 Å². The number of rotatable bonds is 1. The van der Waals surface area contributed by atoms with Gasteiger partial charge >= 0.3 is 0 Å². The summed E-state index contributed by atoms with van der Waals surface area (Å²) in [4.78, 5) is 0. The molecule has 0 bridgehead atoms. The number of nitrogens with zero attached hydrogens (tertiary/aromatic N) is 2. The summed E-state index contributed by atoms with van der Waals surface area (Å²) >= 11 is 2.22. The standard InChI is InChI=1S/C7H7IN2/c1-2-3-4-10-6-7(8)5-9-10/h5-6H,4H2,1H3. The van der Waals surface area contributed by atoms with Crippen molar-refractivity contribution in [1.82, 2.24) is 9.78 Å². The van der Waals surface area contributed by atoms with E-state index in [9.17, 15) is 0 Å². The molecule has 0 fully saturated rings. The molecule has 0 amide bonds. The normalized spacial score (nSPS) is 8.60. The van der Waals surface area contributed by atoms with E-state index in [4.69, 9.17) is 0 Å². The van der Waals surface area contributed by atoms with Crippen LogP contribution in [0.25, 0.3) is 0 Å². The van der Waals surface area contributed by atoms with Gasteiger partial charge in [0.15, 0.2) is 0 Å². The van der Waals surface area contributed by atoms with Gasteiger partial charge in [-0.3, -0.25) is 4.68 Å². The molecule has 0 saturated heterocycles. The lowest BCUT2D eigenvalue weighted by Gasteiger charge is -1.88. The number of aromatic nitrogens is 2. The van der Waals surface area contributed by atoms with Gasteiger partial charge in [0.2, 0.25) is 0 Å². The SMILES string of the molecule is CC#CCn1cc(I)cn1. The fraction of sp³-hybridized carbons (Fsp3) is 0.286. The predicted octanol–water partition coefficient (Wildman–Crippen LogP) is 1.51. The minimum Gasteiger partial charge on any atom is -0.260 e. The second-order valence-corrected chi connectivity index (χ2v) is 3.03. The topological polar surface area (TPSA) is 17.8 Å². The zero-order chi connectivity index (χ0) is 7.40. The van der Waals surface area contributed by atoms with Crippen LogP contribution in [0.3, 0.4) is 0 Å². The number of hydrogen-bond donors (Lipinski definition) is 0. The third kappa shape index (κ3) is 2.03. The van der Waals surface area contributed by atoms with Gasteiger partial charge in [-0.1, -0.05) is 5.92 Å². The third-order valence-corrected chi connectivity index (χ3v) is 1.58. The fourth-order valence-corrected chi connectivity index (χ4v) is 1.03. The van der Waals surface area contributed by atoms with Crippen molar-refractivity contribution in [3.05, 3.63) is 16.0 Å². The lowest BCUT2D eigenvalue weighted by atomic mass is 10.6. The lowest BCUT2D eigenvalue weighted by molar-refractivity contribution is 0.715. The Bertz CT molecular complexity index is 267. The molecule has 0 spiro atoms. The second kappa shape index (κ2) is 3.62. The molecule has 1 aromatic heterocycles. The molecular weight excluding hydrogens is 239 g/mol. The minimum absolute atomic E-state index is 0.694. The van der Waals surface area contributed by atoms with E-state index in [2.05, 4.69) is 39.5 Å². The molecule has 0 aliphatic carbocycles. The first-order valence-electron chi connectivity index (χ1n) is 2.90. The summed E-state index contributed by atoms with van der Waals surface area (Å²) in [7, 11) is 0. The molecule has 2 nitrogen and oxygen atoms in total. The van der Waals surface area contributed by atoms with E-state index in [1.54, 1.807) is 0 Å². The van der Waals surface area contributed by atoms with Gasteiger partial charge in [0.25, 0.3) is 0 Å². The quantitative estimate of drug-likeness (QED) is 0.542. The molecule has 0 atom stereocenters. The van der Waals surface area contributed by atoms with Crippen molar-refractivity contribution in [3.63, 3.8) is 0 Å². The summed E-state index contributed by atoms with van der Waals surface area (Å²) < 4.78 is 2.97. The van der Waals surface area contributed by atoms with Crippen LogP contribution in [0, 0.1) is 15.4 Å². The summed E-state index contributed by atoms with van der Waals surface area (Å²) in [5, 5.41) is 4.06. The Hall–Kier alpha value is -0.500. The van der Waals surface area contributed by atoms with Crippen LogP contribution in [-0.4, -0.2) is 9.78 Å². The second-order valence-electron chi connectivity index (χ2n) is 1.78. The largest absolute Gasteiger partial charge is 0.260 e. The molecule has 0 aromatic carbocycles. The van der Waals surface area contributed by atoms with Crippen LogP contribution in [0.4, 0.5) is 0 Å². The van der Waals surface area contributed by atoms with Gasteiger partial charge in [-0.05, 0) is 29.5 Å². The van der Waals surface area contributed by atoms with E-state index in [-0.39, 0.29) is 0 Å². The summed E-state index contributed by atoms with van der Waals surface area (Å²) in [5.41, 5.74) is 0. The summed E-state index contributed by atoms with van der Waals surface area (Å²) in [6, 6.07) is 0. The molecule has 52 valence electrons. The first kappa shape index (κ1) is 7.61. The van der Waals surface area contributed by atoms with Crippen molar-refractivity contribution in [3.8, 4) is 11.8 Å². The maximum Gasteiger partial charge on any atom is 0.102 e. The molecule has 0 unspecified atom stereocenters. The Balaban J connectivity index is 2.64. The average molecular weight is 246 g/mol. The Morgan fingerprint density at radius 3 is 3.10 bits per heavy atom. The maximum absolute atomic E-state index is 4.06. The summed E-state index contributed by atoms with van der Waals surface area (Å²) in [6.07, 6.45) is 3.78. The zero-order valence-electron chi connectivity index (χ0n) is 5.63. The van der Waals surface area contributed by atoms with E-state index in [0.717, 1.165) is 3.57 Å². The Morgan fingerprint density at radius 2 is 2.60 bits per heavy atom. The van der Waals surface area contributed by atoms with Crippen molar-refractivity contribution in [1.29, 1.82) is 0 Å². The molecular formula is C7H7IN2. The van der Waals surface area contributed by atoms with Crippen LogP contribution in [0.1, 0.15) is 6.92 Å². The highest BCUT2D eigenvalue weighted by Crippen LogP contribution is 1.99. The van der Waals surface area contributed by atoms with Gasteiger partial charge < -0.3 is 0 Å². The molecule has 3 heteroatoms. The molecule has 0 radical (unpaired) electrons. The van der Waals surface area contributed by atoms with Crippen molar-refractivity contribution >= 4 is 22.6 Å². The van der Waals surface area contributed by atoms with Gasteiger partial charge in [-0.15, -0.1) is 5.92 Å². The first-order chi connectivity index (χ1) is 4.83. The Morgan fingerprint density at radius 1 is 1.80 bits per heavy atom. The molecule has 1 aromatic rings. The van der Waals surface area contributed by atoms with Crippen LogP contribution in [-0.2, 0) is 6.54 Å². The smallest absolute Gasteiger partial charge is 0.102 e. The molecule has 1 rings (SSSR count). The summed E-state index contributed by atoms with van der Waals surface area (Å²) in [6.45, 7) is 2.52. The van der Waals surface area contributed by atoms with E-state index in [1.807, 2.05) is 24.0 Å². The van der Waals surface area contributed by atoms with Crippen LogP contribution in [0.15, 0.2) is 12.4 Å². The summed E-state index contributed by atoms with van der Waals surface area (Å²) in [5.74, 6) is 5.74. The van der Waals surface area contributed by atoms with E-state index in [1.165, 1.54) is 0 Å². The Labute approximate surface area is 73.8 Å². The molecule has 0 saturated carbocycles. The van der Waals surface area contributed by atoms with Crippen molar-refractivity contribution < 1.29 is 0 Å². The number of halogens is 1. The maximum atomic E-state index is 4.06. The highest BCUT2D eigenvalue weighted by Gasteiger charge is 1.89. The third-order valence-electron chi connectivity index (χ3n) is 1.02. The molecule has 10 heavy (non-hydrogen) atoms. The van der Waals surface area contributed by atoms with E-state index >= 15 is 0 Å². The number of hydrogen-bond acceptors (Lipinski definition) is 1. The fourth-order valence-electron chi connectivity index (χ4n) is 0.585. The monoisotopic (exact) mass is 246 g/mol. The van der Waals surface area contributed by atoms with Gasteiger partial charge in [-0.25, -0.2) is 0 Å². The molecule has 1 heterocycles. The van der Waals surface area contributed by atoms with Crippen LogP contribution >= 0.6 is 22.6 Å². The minimum atomic E-state index is 0.694. The van der Waals surface area contributed by atoms with Gasteiger partial charge in [0.05, 0.1) is 9.77 Å². The van der Waals surface area contributed by atoms with Gasteiger partial charge in [0, 0.05) is 6.20 Å². The highest BCUT2D eigenvalue weighted by molar-refractivity contribution is 14.1. The molecule has 0 aliphatic rings. The van der Waals surface area contributed by atoms with Gasteiger partial charge in [-0.2, -0.15) is 5.10 Å². The van der Waals surface area contributed by atoms with Crippen LogP contribution < -0.4 is 0 Å². The average Bonchev–Trinajstić information content (AvgIpc) is 2.31. The highest BCUT2D eigenvalue weighted by atomic mass is 127. The molecule has 0 aliphatic heterocycles.